The molecule has 0 aliphatic heterocycles. The number of hydrogen-bond acceptors (Lipinski definition) is 3. The molecule has 0 heterocycles. The number of aliphatic hydroxyl groups is 1. The molecule has 2 fully saturated rings. The van der Waals surface area contributed by atoms with Crippen LogP contribution in [0.5, 0.6) is 0 Å². The smallest absolute Gasteiger partial charge is 0.331 e. The Morgan fingerprint density at radius 1 is 1.36 bits per heavy atom. The third kappa shape index (κ3) is 2.48. The van der Waals surface area contributed by atoms with Crippen LogP contribution in [0.2, 0.25) is 0 Å². The second-order valence-corrected chi connectivity index (χ2v) is 7.46. The highest BCUT2D eigenvalue weighted by Gasteiger charge is 2.68. The number of hydrogen-bond donors (Lipinski definition) is 1. The van der Waals surface area contributed by atoms with Crippen LogP contribution in [-0.2, 0) is 9.53 Å². The number of fused-ring (bicyclic) bond motifs is 2. The van der Waals surface area contributed by atoms with Gasteiger partial charge in [-0.3, -0.25) is 0 Å². The van der Waals surface area contributed by atoms with E-state index in [9.17, 15) is 9.90 Å². The van der Waals surface area contributed by atoms with Crippen molar-refractivity contribution in [3.8, 4) is 11.8 Å². The average Bonchev–Trinajstić information content (AvgIpc) is 2.92. The van der Waals surface area contributed by atoms with Gasteiger partial charge in [0.05, 0.1) is 6.61 Å². The third-order valence-corrected chi connectivity index (χ3v) is 5.93. The lowest BCUT2D eigenvalue weighted by molar-refractivity contribution is -0.137. The summed E-state index contributed by atoms with van der Waals surface area (Å²) in [5.74, 6) is 6.38. The molecule has 0 radical (unpaired) electrons. The Morgan fingerprint density at radius 3 is 2.55 bits per heavy atom. The van der Waals surface area contributed by atoms with E-state index in [0.717, 1.165) is 12.8 Å². The predicted molar refractivity (Wildman–Crippen MR) is 87.0 cm³/mol. The van der Waals surface area contributed by atoms with Gasteiger partial charge in [-0.1, -0.05) is 39.5 Å². The van der Waals surface area contributed by atoms with Gasteiger partial charge in [0.2, 0.25) is 0 Å². The Balaban J connectivity index is 2.31. The molecule has 22 heavy (non-hydrogen) atoms. The molecule has 122 valence electrons. The summed E-state index contributed by atoms with van der Waals surface area (Å²) in [7, 11) is 0. The van der Waals surface area contributed by atoms with Gasteiger partial charge in [-0.25, -0.2) is 4.79 Å². The van der Waals surface area contributed by atoms with Crippen LogP contribution >= 0.6 is 0 Å². The predicted octanol–water partition coefficient (Wildman–Crippen LogP) is 3.47. The van der Waals surface area contributed by atoms with Gasteiger partial charge in [-0.2, -0.15) is 0 Å². The van der Waals surface area contributed by atoms with Crippen LogP contribution in [-0.4, -0.2) is 23.3 Å². The van der Waals surface area contributed by atoms with Crippen molar-refractivity contribution in [3.05, 3.63) is 11.6 Å². The fourth-order valence-electron chi connectivity index (χ4n) is 4.29. The second kappa shape index (κ2) is 5.74. The highest BCUT2D eigenvalue weighted by Crippen LogP contribution is 2.67. The van der Waals surface area contributed by atoms with Gasteiger partial charge >= 0.3 is 5.97 Å². The van der Waals surface area contributed by atoms with Crippen molar-refractivity contribution in [2.24, 2.45) is 16.7 Å². The van der Waals surface area contributed by atoms with E-state index in [2.05, 4.69) is 32.6 Å². The number of carbonyl (C=O) groups is 1. The Bertz CT molecular complexity index is 542. The normalized spacial score (nSPS) is 35.9. The highest BCUT2D eigenvalue weighted by molar-refractivity contribution is 5.83. The molecule has 0 amide bonds. The van der Waals surface area contributed by atoms with E-state index in [1.54, 1.807) is 6.92 Å². The summed E-state index contributed by atoms with van der Waals surface area (Å²) in [6, 6.07) is 0. The maximum atomic E-state index is 11.6. The van der Waals surface area contributed by atoms with E-state index >= 15 is 0 Å². The molecule has 0 spiro atoms. The van der Waals surface area contributed by atoms with Crippen molar-refractivity contribution < 1.29 is 14.6 Å². The van der Waals surface area contributed by atoms with E-state index in [1.807, 2.05) is 6.92 Å². The van der Waals surface area contributed by atoms with Crippen LogP contribution in [0.1, 0.15) is 60.3 Å². The molecule has 3 atom stereocenters. The van der Waals surface area contributed by atoms with Crippen LogP contribution < -0.4 is 0 Å². The van der Waals surface area contributed by atoms with Crippen LogP contribution in [0.25, 0.3) is 0 Å². The summed E-state index contributed by atoms with van der Waals surface area (Å²) < 4.78 is 4.94. The van der Waals surface area contributed by atoms with Gasteiger partial charge in [0.25, 0.3) is 0 Å². The zero-order valence-electron chi connectivity index (χ0n) is 14.5. The Kier molecular flexibility index (Phi) is 4.46. The van der Waals surface area contributed by atoms with Crippen LogP contribution in [0.3, 0.4) is 0 Å². The van der Waals surface area contributed by atoms with Crippen molar-refractivity contribution in [2.75, 3.05) is 6.61 Å². The summed E-state index contributed by atoms with van der Waals surface area (Å²) in [5.41, 5.74) is -0.632. The molecule has 2 saturated carbocycles. The molecule has 2 rings (SSSR count). The number of esters is 1. The van der Waals surface area contributed by atoms with Gasteiger partial charge < -0.3 is 9.84 Å². The van der Waals surface area contributed by atoms with E-state index in [1.165, 1.54) is 12.5 Å². The molecule has 3 unspecified atom stereocenters. The quantitative estimate of drug-likeness (QED) is 0.493. The second-order valence-electron chi connectivity index (χ2n) is 7.46. The van der Waals surface area contributed by atoms with Crippen molar-refractivity contribution in [1.82, 2.24) is 0 Å². The van der Waals surface area contributed by atoms with E-state index in [0.29, 0.717) is 24.5 Å². The molecular weight excluding hydrogens is 276 g/mol. The molecule has 3 heteroatoms. The van der Waals surface area contributed by atoms with E-state index < -0.39 is 5.60 Å². The Morgan fingerprint density at radius 2 is 2.05 bits per heavy atom. The summed E-state index contributed by atoms with van der Waals surface area (Å²) in [5, 5.41) is 11.3. The lowest BCUT2D eigenvalue weighted by atomic mass is 9.60. The topological polar surface area (TPSA) is 46.5 Å². The summed E-state index contributed by atoms with van der Waals surface area (Å²) in [6.07, 6.45) is 5.33. The minimum atomic E-state index is -0.994. The molecule has 0 saturated heterocycles. The number of rotatable bonds is 3. The van der Waals surface area contributed by atoms with Crippen molar-refractivity contribution in [3.63, 3.8) is 0 Å². The molecule has 2 aliphatic rings. The minimum Gasteiger partial charge on any atom is -0.463 e. The fourth-order valence-corrected chi connectivity index (χ4v) is 4.29. The first kappa shape index (κ1) is 17.1. The first-order valence-corrected chi connectivity index (χ1v) is 8.33. The lowest BCUT2D eigenvalue weighted by Crippen LogP contribution is -2.53. The van der Waals surface area contributed by atoms with Gasteiger partial charge in [0.1, 0.15) is 5.60 Å². The van der Waals surface area contributed by atoms with Gasteiger partial charge in [0.15, 0.2) is 0 Å². The third-order valence-electron chi connectivity index (χ3n) is 5.93. The maximum absolute atomic E-state index is 11.6. The SMILES string of the molecule is CCOC(=O)/C=C(\C#CC1(O)C2(C)CCC(C2)C1(C)C)CC. The average molecular weight is 304 g/mol. The number of ether oxygens (including phenoxy) is 1. The van der Waals surface area contributed by atoms with Gasteiger partial charge in [0, 0.05) is 22.5 Å². The monoisotopic (exact) mass is 304 g/mol. The largest absolute Gasteiger partial charge is 0.463 e. The summed E-state index contributed by atoms with van der Waals surface area (Å²) in [4.78, 5) is 11.6. The van der Waals surface area contributed by atoms with Crippen LogP contribution in [0.15, 0.2) is 11.6 Å². The molecule has 1 N–H and O–H groups in total. The zero-order valence-corrected chi connectivity index (χ0v) is 14.5. The van der Waals surface area contributed by atoms with E-state index in [4.69, 9.17) is 4.74 Å². The summed E-state index contributed by atoms with van der Waals surface area (Å²) >= 11 is 0. The Labute approximate surface area is 134 Å². The molecule has 2 bridgehead atoms. The van der Waals surface area contributed by atoms with Gasteiger partial charge in [-0.05, 0) is 38.5 Å². The van der Waals surface area contributed by atoms with Crippen LogP contribution in [0.4, 0.5) is 0 Å². The van der Waals surface area contributed by atoms with Crippen molar-refractivity contribution in [2.45, 2.75) is 65.9 Å². The molecular formula is C19H28O3. The first-order valence-electron chi connectivity index (χ1n) is 8.33. The lowest BCUT2D eigenvalue weighted by Gasteiger charge is -2.47. The van der Waals surface area contributed by atoms with Crippen LogP contribution in [0, 0.1) is 28.6 Å². The fraction of sp³-hybridized carbons (Fsp3) is 0.737. The molecule has 3 nitrogen and oxygen atoms in total. The Hall–Kier alpha value is -1.27. The molecule has 0 aromatic heterocycles. The first-order chi connectivity index (χ1) is 10.2. The van der Waals surface area contributed by atoms with Crippen molar-refractivity contribution in [1.29, 1.82) is 0 Å². The summed E-state index contributed by atoms with van der Waals surface area (Å²) in [6.45, 7) is 10.5. The zero-order chi connectivity index (χ0) is 16.6. The van der Waals surface area contributed by atoms with Crippen molar-refractivity contribution >= 4 is 5.97 Å². The maximum Gasteiger partial charge on any atom is 0.331 e. The molecule has 0 aromatic carbocycles. The van der Waals surface area contributed by atoms with E-state index in [-0.39, 0.29) is 16.8 Å². The molecule has 0 aromatic rings. The minimum absolute atomic E-state index is 0.142. The van der Waals surface area contributed by atoms with Gasteiger partial charge in [-0.15, -0.1) is 0 Å². The molecule has 2 aliphatic carbocycles. The standard InChI is InChI=1S/C19H28O3/c1-6-14(12-16(20)22-7-2)8-11-19(21)17(3,4)15-9-10-18(19,5)13-15/h12,15,21H,6-7,9-10,13H2,1-5H3/b14-12-. The number of carbonyl (C=O) groups excluding carboxylic acids is 1. The number of allylic oxidation sites excluding steroid dienone is 1. The highest BCUT2D eigenvalue weighted by atomic mass is 16.5.